The summed E-state index contributed by atoms with van der Waals surface area (Å²) >= 11 is 11.3. The van der Waals surface area contributed by atoms with E-state index in [1.54, 1.807) is 19.4 Å². The first kappa shape index (κ1) is 24.2. The van der Waals surface area contributed by atoms with Gasteiger partial charge in [0.2, 0.25) is 5.91 Å². The van der Waals surface area contributed by atoms with E-state index in [0.29, 0.717) is 33.4 Å². The standard InChI is InChI=1S/C24H22BrClN2O3S/c1-30-22-12-18(11-20(25)24(22)31-14-19-9-5-6-10-21(19)26)13-27-28-23(29)16-32-15-17-7-3-2-4-8-17/h2-13H,14-16H2,1H3,(H,28,29)/b27-13+. The first-order valence-corrected chi connectivity index (χ1v) is 12.1. The van der Waals surface area contributed by atoms with Crippen molar-refractivity contribution in [2.75, 3.05) is 12.9 Å². The van der Waals surface area contributed by atoms with Gasteiger partial charge in [0.1, 0.15) is 6.61 Å². The first-order chi connectivity index (χ1) is 15.6. The normalized spacial score (nSPS) is 10.8. The molecule has 1 amide bonds. The SMILES string of the molecule is COc1cc(/C=N/NC(=O)CSCc2ccccc2)cc(Br)c1OCc1ccccc1Cl. The van der Waals surface area contributed by atoms with Crippen molar-refractivity contribution >= 4 is 51.4 Å². The number of methoxy groups -OCH3 is 1. The molecule has 3 aromatic rings. The van der Waals surface area contributed by atoms with Crippen LogP contribution in [0.3, 0.4) is 0 Å². The summed E-state index contributed by atoms with van der Waals surface area (Å²) in [5.41, 5.74) is 5.36. The van der Waals surface area contributed by atoms with E-state index in [9.17, 15) is 4.79 Å². The molecule has 0 spiro atoms. The predicted molar refractivity (Wildman–Crippen MR) is 135 cm³/mol. The Morgan fingerprint density at radius 2 is 1.91 bits per heavy atom. The number of ether oxygens (including phenoxy) is 2. The Labute approximate surface area is 205 Å². The number of carbonyl (C=O) groups excluding carboxylic acids is 1. The summed E-state index contributed by atoms with van der Waals surface area (Å²) in [5.74, 6) is 2.04. The van der Waals surface area contributed by atoms with Crippen LogP contribution < -0.4 is 14.9 Å². The third-order valence-electron chi connectivity index (χ3n) is 4.33. The van der Waals surface area contributed by atoms with Gasteiger partial charge < -0.3 is 9.47 Å². The minimum Gasteiger partial charge on any atom is -0.493 e. The highest BCUT2D eigenvalue weighted by molar-refractivity contribution is 9.10. The lowest BCUT2D eigenvalue weighted by Crippen LogP contribution is -2.19. The second-order valence-electron chi connectivity index (χ2n) is 6.69. The summed E-state index contributed by atoms with van der Waals surface area (Å²) in [7, 11) is 1.57. The number of hydrogen-bond acceptors (Lipinski definition) is 5. The van der Waals surface area contributed by atoms with E-state index >= 15 is 0 Å². The molecular weight excluding hydrogens is 512 g/mol. The van der Waals surface area contributed by atoms with Crippen molar-refractivity contribution in [2.24, 2.45) is 5.10 Å². The Morgan fingerprint density at radius 3 is 2.66 bits per heavy atom. The fourth-order valence-electron chi connectivity index (χ4n) is 2.77. The topological polar surface area (TPSA) is 59.9 Å². The largest absolute Gasteiger partial charge is 0.493 e. The molecule has 0 atom stereocenters. The maximum absolute atomic E-state index is 12.0. The monoisotopic (exact) mass is 532 g/mol. The molecule has 0 fully saturated rings. The third-order valence-corrected chi connectivity index (χ3v) is 6.29. The lowest BCUT2D eigenvalue weighted by Gasteiger charge is -2.14. The van der Waals surface area contributed by atoms with Gasteiger partial charge in [0, 0.05) is 16.3 Å². The van der Waals surface area contributed by atoms with E-state index in [-0.39, 0.29) is 5.91 Å². The lowest BCUT2D eigenvalue weighted by atomic mass is 10.2. The smallest absolute Gasteiger partial charge is 0.250 e. The van der Waals surface area contributed by atoms with Crippen molar-refractivity contribution in [2.45, 2.75) is 12.4 Å². The molecule has 32 heavy (non-hydrogen) atoms. The zero-order valence-electron chi connectivity index (χ0n) is 17.4. The molecule has 0 aliphatic heterocycles. The summed E-state index contributed by atoms with van der Waals surface area (Å²) in [6.45, 7) is 0.304. The van der Waals surface area contributed by atoms with Crippen LogP contribution in [0.1, 0.15) is 16.7 Å². The van der Waals surface area contributed by atoms with Crippen molar-refractivity contribution in [1.82, 2.24) is 5.43 Å². The van der Waals surface area contributed by atoms with Gasteiger partial charge in [-0.2, -0.15) is 5.10 Å². The van der Waals surface area contributed by atoms with Crippen LogP contribution in [0.15, 0.2) is 76.3 Å². The van der Waals surface area contributed by atoms with E-state index in [1.165, 1.54) is 17.3 Å². The van der Waals surface area contributed by atoms with Crippen LogP contribution in [-0.4, -0.2) is 25.0 Å². The molecule has 0 aromatic heterocycles. The molecule has 0 aliphatic rings. The lowest BCUT2D eigenvalue weighted by molar-refractivity contribution is -0.118. The number of thioether (sulfide) groups is 1. The summed E-state index contributed by atoms with van der Waals surface area (Å²) in [6, 6.07) is 21.1. The molecule has 0 unspecified atom stereocenters. The zero-order chi connectivity index (χ0) is 22.8. The number of carbonyl (C=O) groups is 1. The Balaban J connectivity index is 1.54. The van der Waals surface area contributed by atoms with E-state index in [1.807, 2.05) is 60.7 Å². The average Bonchev–Trinajstić information content (AvgIpc) is 2.80. The third kappa shape index (κ3) is 7.29. The number of rotatable bonds is 10. The van der Waals surface area contributed by atoms with Crippen LogP contribution >= 0.6 is 39.3 Å². The van der Waals surface area contributed by atoms with Crippen molar-refractivity contribution in [3.63, 3.8) is 0 Å². The Hall–Kier alpha value is -2.48. The van der Waals surface area contributed by atoms with Crippen molar-refractivity contribution < 1.29 is 14.3 Å². The van der Waals surface area contributed by atoms with Crippen molar-refractivity contribution in [3.05, 3.63) is 92.9 Å². The number of amides is 1. The molecule has 166 valence electrons. The summed E-state index contributed by atoms with van der Waals surface area (Å²) in [5, 5.41) is 4.69. The molecule has 5 nitrogen and oxygen atoms in total. The summed E-state index contributed by atoms with van der Waals surface area (Å²) < 4.78 is 12.1. The highest BCUT2D eigenvalue weighted by Crippen LogP contribution is 2.37. The highest BCUT2D eigenvalue weighted by atomic mass is 79.9. The quantitative estimate of drug-likeness (QED) is 0.254. The van der Waals surface area contributed by atoms with Crippen LogP contribution in [-0.2, 0) is 17.2 Å². The summed E-state index contributed by atoms with van der Waals surface area (Å²) in [4.78, 5) is 12.0. The van der Waals surface area contributed by atoms with Crippen LogP contribution in [0.25, 0.3) is 0 Å². The number of hydrogen-bond donors (Lipinski definition) is 1. The van der Waals surface area contributed by atoms with Gasteiger partial charge in [0.25, 0.3) is 0 Å². The summed E-state index contributed by atoms with van der Waals surface area (Å²) in [6.07, 6.45) is 1.56. The molecule has 1 N–H and O–H groups in total. The minimum atomic E-state index is -0.159. The molecule has 3 rings (SSSR count). The first-order valence-electron chi connectivity index (χ1n) is 9.74. The molecule has 3 aromatic carbocycles. The van der Waals surface area contributed by atoms with Crippen LogP contribution in [0.4, 0.5) is 0 Å². The second-order valence-corrected chi connectivity index (χ2v) is 8.93. The van der Waals surface area contributed by atoms with Gasteiger partial charge >= 0.3 is 0 Å². The molecular formula is C24H22BrClN2O3S. The second kappa shape index (κ2) is 12.5. The number of nitrogens with zero attached hydrogens (tertiary/aromatic N) is 1. The van der Waals surface area contributed by atoms with Gasteiger partial charge in [0.05, 0.1) is 23.5 Å². The Morgan fingerprint density at radius 1 is 1.16 bits per heavy atom. The highest BCUT2D eigenvalue weighted by Gasteiger charge is 2.12. The van der Waals surface area contributed by atoms with Gasteiger partial charge in [0.15, 0.2) is 11.5 Å². The zero-order valence-corrected chi connectivity index (χ0v) is 20.5. The van der Waals surface area contributed by atoms with Crippen molar-refractivity contribution in [1.29, 1.82) is 0 Å². The molecule has 8 heteroatoms. The van der Waals surface area contributed by atoms with E-state index < -0.39 is 0 Å². The van der Waals surface area contributed by atoms with Crippen LogP contribution in [0.2, 0.25) is 5.02 Å². The number of halogens is 2. The van der Waals surface area contributed by atoms with Crippen molar-refractivity contribution in [3.8, 4) is 11.5 Å². The molecule has 0 heterocycles. The van der Waals surface area contributed by atoms with Crippen LogP contribution in [0.5, 0.6) is 11.5 Å². The number of nitrogens with one attached hydrogen (secondary N) is 1. The molecule has 0 saturated carbocycles. The van der Waals surface area contributed by atoms with Gasteiger partial charge in [-0.25, -0.2) is 5.43 Å². The maximum atomic E-state index is 12.0. The molecule has 0 radical (unpaired) electrons. The van der Waals surface area contributed by atoms with Gasteiger partial charge in [-0.05, 0) is 45.3 Å². The van der Waals surface area contributed by atoms with Gasteiger partial charge in [-0.15, -0.1) is 11.8 Å². The Kier molecular flexibility index (Phi) is 9.46. The molecule has 0 aliphatic carbocycles. The van der Waals surface area contributed by atoms with Gasteiger partial charge in [-0.1, -0.05) is 60.1 Å². The minimum absolute atomic E-state index is 0.159. The van der Waals surface area contributed by atoms with E-state index in [2.05, 4.69) is 26.5 Å². The number of hydrazone groups is 1. The van der Waals surface area contributed by atoms with Gasteiger partial charge in [-0.3, -0.25) is 4.79 Å². The van der Waals surface area contributed by atoms with Crippen LogP contribution in [0, 0.1) is 0 Å². The maximum Gasteiger partial charge on any atom is 0.250 e. The predicted octanol–water partition coefficient (Wildman–Crippen LogP) is 6.07. The average molecular weight is 534 g/mol. The van der Waals surface area contributed by atoms with E-state index in [0.717, 1.165) is 16.9 Å². The van der Waals surface area contributed by atoms with E-state index in [4.69, 9.17) is 21.1 Å². The fraction of sp³-hybridized carbons (Fsp3) is 0.167. The molecule has 0 bridgehead atoms. The number of benzene rings is 3. The molecule has 0 saturated heterocycles. The fourth-order valence-corrected chi connectivity index (χ4v) is 4.31. The Bertz CT molecular complexity index is 1080.